The summed E-state index contributed by atoms with van der Waals surface area (Å²) in [6, 6.07) is 12.7. The number of pyridine rings is 1. The number of ether oxygens (including phenoxy) is 1. The van der Waals surface area contributed by atoms with Gasteiger partial charge in [-0.05, 0) is 68.0 Å². The van der Waals surface area contributed by atoms with Gasteiger partial charge in [0.25, 0.3) is 0 Å². The lowest BCUT2D eigenvalue weighted by molar-refractivity contribution is 0.242. The second-order valence-corrected chi connectivity index (χ2v) is 6.91. The number of nitrogens with one attached hydrogen (secondary N) is 1. The SMILES string of the molecule is CC(C)Oc1ccc([C@@H](CCNCc2cccnc2)C(C)C)cc1. The van der Waals surface area contributed by atoms with Crippen LogP contribution in [0, 0.1) is 5.92 Å². The normalized spacial score (nSPS) is 12.6. The van der Waals surface area contributed by atoms with Crippen LogP contribution in [0.3, 0.4) is 0 Å². The number of benzene rings is 1. The third-order valence-corrected chi connectivity index (χ3v) is 4.17. The van der Waals surface area contributed by atoms with Crippen molar-refractivity contribution in [3.05, 3.63) is 59.9 Å². The summed E-state index contributed by atoms with van der Waals surface area (Å²) in [7, 11) is 0. The van der Waals surface area contributed by atoms with Gasteiger partial charge in [0.2, 0.25) is 0 Å². The van der Waals surface area contributed by atoms with Crippen LogP contribution in [0.2, 0.25) is 0 Å². The Bertz CT molecular complexity index is 579. The third-order valence-electron chi connectivity index (χ3n) is 4.17. The van der Waals surface area contributed by atoms with E-state index in [1.165, 1.54) is 11.1 Å². The van der Waals surface area contributed by atoms with E-state index in [-0.39, 0.29) is 6.10 Å². The molecule has 3 nitrogen and oxygen atoms in total. The van der Waals surface area contributed by atoms with Crippen LogP contribution in [0.4, 0.5) is 0 Å². The Morgan fingerprint density at radius 3 is 2.38 bits per heavy atom. The molecule has 0 unspecified atom stereocenters. The lowest BCUT2D eigenvalue weighted by Gasteiger charge is -2.22. The molecule has 0 radical (unpaired) electrons. The average molecular weight is 326 g/mol. The van der Waals surface area contributed by atoms with Gasteiger partial charge in [-0.15, -0.1) is 0 Å². The fourth-order valence-electron chi connectivity index (χ4n) is 2.94. The highest BCUT2D eigenvalue weighted by molar-refractivity contribution is 5.30. The van der Waals surface area contributed by atoms with E-state index >= 15 is 0 Å². The molecule has 0 aliphatic heterocycles. The molecule has 0 bridgehead atoms. The maximum Gasteiger partial charge on any atom is 0.119 e. The van der Waals surface area contributed by atoms with Crippen molar-refractivity contribution in [1.29, 1.82) is 0 Å². The van der Waals surface area contributed by atoms with Crippen LogP contribution in [-0.2, 0) is 6.54 Å². The first-order valence-electron chi connectivity index (χ1n) is 8.92. The van der Waals surface area contributed by atoms with Gasteiger partial charge in [0.1, 0.15) is 5.75 Å². The second-order valence-electron chi connectivity index (χ2n) is 6.91. The predicted octanol–water partition coefficient (Wildman–Crippen LogP) is 4.79. The van der Waals surface area contributed by atoms with Gasteiger partial charge in [-0.3, -0.25) is 4.98 Å². The fraction of sp³-hybridized carbons (Fsp3) is 0.476. The summed E-state index contributed by atoms with van der Waals surface area (Å²) >= 11 is 0. The number of rotatable bonds is 9. The summed E-state index contributed by atoms with van der Waals surface area (Å²) in [4.78, 5) is 4.15. The van der Waals surface area contributed by atoms with E-state index in [1.807, 2.05) is 18.5 Å². The largest absolute Gasteiger partial charge is 0.491 e. The number of nitrogens with zero attached hydrogens (tertiary/aromatic N) is 1. The summed E-state index contributed by atoms with van der Waals surface area (Å²) in [5.74, 6) is 2.12. The zero-order chi connectivity index (χ0) is 17.4. The summed E-state index contributed by atoms with van der Waals surface area (Å²) in [6.07, 6.45) is 5.07. The molecule has 0 aliphatic rings. The summed E-state index contributed by atoms with van der Waals surface area (Å²) < 4.78 is 5.74. The molecule has 0 amide bonds. The Kier molecular flexibility index (Phi) is 7.26. The van der Waals surface area contributed by atoms with E-state index in [1.54, 1.807) is 0 Å². The molecule has 3 heteroatoms. The molecule has 1 aromatic heterocycles. The van der Waals surface area contributed by atoms with E-state index in [2.05, 4.69) is 68.3 Å². The maximum atomic E-state index is 5.74. The molecule has 130 valence electrons. The Labute approximate surface area is 146 Å². The minimum Gasteiger partial charge on any atom is -0.491 e. The average Bonchev–Trinajstić information content (AvgIpc) is 2.56. The maximum absolute atomic E-state index is 5.74. The molecule has 0 saturated carbocycles. The van der Waals surface area contributed by atoms with Crippen molar-refractivity contribution in [2.24, 2.45) is 5.92 Å². The molecule has 1 N–H and O–H groups in total. The molecule has 0 fully saturated rings. The Morgan fingerprint density at radius 2 is 1.79 bits per heavy atom. The zero-order valence-electron chi connectivity index (χ0n) is 15.3. The third kappa shape index (κ3) is 5.97. The highest BCUT2D eigenvalue weighted by Gasteiger charge is 2.15. The van der Waals surface area contributed by atoms with Gasteiger partial charge in [0, 0.05) is 18.9 Å². The number of hydrogen-bond donors (Lipinski definition) is 1. The van der Waals surface area contributed by atoms with Gasteiger partial charge in [0.05, 0.1) is 6.10 Å². The highest BCUT2D eigenvalue weighted by Crippen LogP contribution is 2.29. The van der Waals surface area contributed by atoms with E-state index in [4.69, 9.17) is 4.74 Å². The molecule has 0 aliphatic carbocycles. The van der Waals surface area contributed by atoms with E-state index < -0.39 is 0 Å². The van der Waals surface area contributed by atoms with Gasteiger partial charge in [-0.2, -0.15) is 0 Å². The van der Waals surface area contributed by atoms with Crippen LogP contribution in [-0.4, -0.2) is 17.6 Å². The Morgan fingerprint density at radius 1 is 1.04 bits per heavy atom. The minimum atomic E-state index is 0.216. The number of aromatic nitrogens is 1. The van der Waals surface area contributed by atoms with Gasteiger partial charge in [0.15, 0.2) is 0 Å². The summed E-state index contributed by atoms with van der Waals surface area (Å²) in [5, 5.41) is 3.53. The quantitative estimate of drug-likeness (QED) is 0.673. The fourth-order valence-corrected chi connectivity index (χ4v) is 2.94. The summed E-state index contributed by atoms with van der Waals surface area (Å²) in [5.41, 5.74) is 2.62. The first-order valence-corrected chi connectivity index (χ1v) is 8.92. The first-order chi connectivity index (χ1) is 11.6. The van der Waals surface area contributed by atoms with Crippen molar-refractivity contribution < 1.29 is 4.74 Å². The zero-order valence-corrected chi connectivity index (χ0v) is 15.3. The van der Waals surface area contributed by atoms with E-state index in [0.717, 1.165) is 25.3 Å². The van der Waals surface area contributed by atoms with Gasteiger partial charge in [-0.25, -0.2) is 0 Å². The molecule has 24 heavy (non-hydrogen) atoms. The molecular formula is C21H30N2O. The van der Waals surface area contributed by atoms with Crippen LogP contribution in [0.5, 0.6) is 5.75 Å². The van der Waals surface area contributed by atoms with Crippen molar-refractivity contribution in [3.8, 4) is 5.75 Å². The topological polar surface area (TPSA) is 34.1 Å². The van der Waals surface area contributed by atoms with E-state index in [0.29, 0.717) is 11.8 Å². The summed E-state index contributed by atoms with van der Waals surface area (Å²) in [6.45, 7) is 10.6. The van der Waals surface area contributed by atoms with Gasteiger partial charge >= 0.3 is 0 Å². The van der Waals surface area contributed by atoms with E-state index in [9.17, 15) is 0 Å². The van der Waals surface area contributed by atoms with Crippen LogP contribution in [0.1, 0.15) is 51.2 Å². The lowest BCUT2D eigenvalue weighted by atomic mass is 9.86. The molecule has 1 atom stereocenters. The van der Waals surface area contributed by atoms with Crippen LogP contribution < -0.4 is 10.1 Å². The predicted molar refractivity (Wildman–Crippen MR) is 100 cm³/mol. The molecule has 2 aromatic rings. The molecule has 0 saturated heterocycles. The van der Waals surface area contributed by atoms with Crippen LogP contribution in [0.15, 0.2) is 48.8 Å². The first kappa shape index (κ1) is 18.5. The molecule has 1 aromatic carbocycles. The molecule has 2 rings (SSSR count). The van der Waals surface area contributed by atoms with Crippen molar-refractivity contribution in [2.45, 2.75) is 52.7 Å². The van der Waals surface area contributed by atoms with Gasteiger partial charge < -0.3 is 10.1 Å². The second kappa shape index (κ2) is 9.43. The highest BCUT2D eigenvalue weighted by atomic mass is 16.5. The monoisotopic (exact) mass is 326 g/mol. The number of hydrogen-bond acceptors (Lipinski definition) is 3. The van der Waals surface area contributed by atoms with Crippen LogP contribution >= 0.6 is 0 Å². The van der Waals surface area contributed by atoms with Crippen molar-refractivity contribution in [1.82, 2.24) is 10.3 Å². The van der Waals surface area contributed by atoms with Gasteiger partial charge in [-0.1, -0.05) is 32.0 Å². The standard InChI is InChI=1S/C21H30N2O/c1-16(2)21(11-13-23-15-18-6-5-12-22-14-18)19-7-9-20(10-8-19)24-17(3)4/h5-10,12,14,16-17,21,23H,11,13,15H2,1-4H3/t21-/m0/s1. The Balaban J connectivity index is 1.87. The smallest absolute Gasteiger partial charge is 0.119 e. The molecular weight excluding hydrogens is 296 g/mol. The Hall–Kier alpha value is -1.87. The molecule has 1 heterocycles. The van der Waals surface area contributed by atoms with Crippen LogP contribution in [0.25, 0.3) is 0 Å². The van der Waals surface area contributed by atoms with Crippen molar-refractivity contribution in [3.63, 3.8) is 0 Å². The molecule has 0 spiro atoms. The minimum absolute atomic E-state index is 0.216. The van der Waals surface area contributed by atoms with Crippen molar-refractivity contribution in [2.75, 3.05) is 6.54 Å². The lowest BCUT2D eigenvalue weighted by Crippen LogP contribution is -2.19. The van der Waals surface area contributed by atoms with Crippen molar-refractivity contribution >= 4 is 0 Å².